The number of primary amides is 1. The molecule has 0 fully saturated rings. The zero-order chi connectivity index (χ0) is 12.1. The number of nitrogens with zero attached hydrogens (tertiary/aromatic N) is 3. The summed E-state index contributed by atoms with van der Waals surface area (Å²) in [5.74, 6) is -1.02. The first-order valence-electron chi connectivity index (χ1n) is 4.67. The normalized spacial score (nSPS) is 11.0. The lowest BCUT2D eigenvalue weighted by Gasteiger charge is -2.05. The zero-order valence-corrected chi connectivity index (χ0v) is 8.69. The van der Waals surface area contributed by atoms with Crippen molar-refractivity contribution in [2.45, 2.75) is 19.9 Å². The van der Waals surface area contributed by atoms with Crippen LogP contribution in [-0.2, 0) is 11.3 Å². The highest BCUT2D eigenvalue weighted by molar-refractivity contribution is 5.91. The summed E-state index contributed by atoms with van der Waals surface area (Å²) < 4.78 is 31.2. The number of alkyl halides is 2. The van der Waals surface area contributed by atoms with Gasteiger partial charge in [-0.25, -0.2) is 13.5 Å². The van der Waals surface area contributed by atoms with Crippen LogP contribution in [0.25, 0.3) is 0 Å². The van der Waals surface area contributed by atoms with Crippen molar-refractivity contribution in [3.8, 4) is 0 Å². The number of hydrogen-bond donors (Lipinski definition) is 1. The second-order valence-electron chi connectivity index (χ2n) is 2.91. The van der Waals surface area contributed by atoms with Crippen LogP contribution in [0, 0.1) is 0 Å². The third kappa shape index (κ3) is 2.72. The largest absolute Gasteiger partial charge is 0.380 e. The average molecular weight is 234 g/mol. The quantitative estimate of drug-likeness (QED) is 0.720. The smallest absolute Gasteiger partial charge is 0.282 e. The molecular formula is C8H12F2N4O2. The number of ether oxygens (including phenoxy) is 1. The first-order valence-corrected chi connectivity index (χ1v) is 4.67. The molecule has 0 aliphatic carbocycles. The third-order valence-electron chi connectivity index (χ3n) is 1.87. The summed E-state index contributed by atoms with van der Waals surface area (Å²) in [6, 6.07) is 0. The van der Waals surface area contributed by atoms with Crippen LogP contribution >= 0.6 is 0 Å². The van der Waals surface area contributed by atoms with E-state index >= 15 is 0 Å². The Morgan fingerprint density at radius 2 is 2.31 bits per heavy atom. The van der Waals surface area contributed by atoms with Crippen LogP contribution in [0.4, 0.5) is 8.78 Å². The molecular weight excluding hydrogens is 222 g/mol. The molecule has 1 rings (SSSR count). The molecule has 16 heavy (non-hydrogen) atoms. The highest BCUT2D eigenvalue weighted by Crippen LogP contribution is 2.20. The van der Waals surface area contributed by atoms with E-state index in [0.29, 0.717) is 6.61 Å². The van der Waals surface area contributed by atoms with Gasteiger partial charge in [0.2, 0.25) is 0 Å². The van der Waals surface area contributed by atoms with Crippen LogP contribution < -0.4 is 5.73 Å². The Morgan fingerprint density at radius 3 is 2.81 bits per heavy atom. The summed E-state index contributed by atoms with van der Waals surface area (Å²) in [5, 5.41) is 6.75. The van der Waals surface area contributed by atoms with E-state index in [0.717, 1.165) is 4.68 Å². The first kappa shape index (κ1) is 12.5. The molecule has 0 spiro atoms. The van der Waals surface area contributed by atoms with Crippen molar-refractivity contribution in [3.05, 3.63) is 11.4 Å². The topological polar surface area (TPSA) is 83.0 Å². The molecule has 0 radical (unpaired) electrons. The zero-order valence-electron chi connectivity index (χ0n) is 8.69. The minimum absolute atomic E-state index is 0.105. The Labute approximate surface area is 90.4 Å². The lowest BCUT2D eigenvalue weighted by Crippen LogP contribution is -2.16. The van der Waals surface area contributed by atoms with Crippen molar-refractivity contribution < 1.29 is 18.3 Å². The molecule has 6 nitrogen and oxygen atoms in total. The van der Waals surface area contributed by atoms with Gasteiger partial charge in [-0.2, -0.15) is 0 Å². The minimum atomic E-state index is -2.85. The molecule has 0 unspecified atom stereocenters. The maximum Gasteiger partial charge on any atom is 0.282 e. The van der Waals surface area contributed by atoms with Crippen molar-refractivity contribution in [1.29, 1.82) is 0 Å². The van der Waals surface area contributed by atoms with Crippen molar-refractivity contribution in [2.75, 3.05) is 13.2 Å². The van der Waals surface area contributed by atoms with Gasteiger partial charge in [-0.1, -0.05) is 5.21 Å². The fourth-order valence-corrected chi connectivity index (χ4v) is 1.17. The number of aromatic nitrogens is 3. The van der Waals surface area contributed by atoms with Gasteiger partial charge in [-0.15, -0.1) is 5.10 Å². The van der Waals surface area contributed by atoms with Crippen molar-refractivity contribution >= 4 is 5.91 Å². The predicted octanol–water partition coefficient (Wildman–Crippen LogP) is 0.351. The molecule has 0 atom stereocenters. The molecule has 2 N–H and O–H groups in total. The van der Waals surface area contributed by atoms with Crippen LogP contribution in [0.5, 0.6) is 0 Å². The number of halogens is 2. The van der Waals surface area contributed by atoms with Gasteiger partial charge in [0.15, 0.2) is 5.69 Å². The number of rotatable bonds is 6. The summed E-state index contributed by atoms with van der Waals surface area (Å²) >= 11 is 0. The lowest BCUT2D eigenvalue weighted by atomic mass is 10.3. The van der Waals surface area contributed by atoms with Crippen molar-refractivity contribution in [1.82, 2.24) is 15.0 Å². The molecule has 0 aliphatic heterocycles. The van der Waals surface area contributed by atoms with E-state index in [1.54, 1.807) is 6.92 Å². The molecule has 0 bridgehead atoms. The van der Waals surface area contributed by atoms with Crippen LogP contribution in [-0.4, -0.2) is 34.1 Å². The summed E-state index contributed by atoms with van der Waals surface area (Å²) in [6.07, 6.45) is -2.85. The van der Waals surface area contributed by atoms with Gasteiger partial charge < -0.3 is 10.5 Å². The second-order valence-corrected chi connectivity index (χ2v) is 2.91. The molecule has 0 aromatic carbocycles. The fraction of sp³-hybridized carbons (Fsp3) is 0.625. The summed E-state index contributed by atoms with van der Waals surface area (Å²) in [5.41, 5.74) is 3.84. The predicted molar refractivity (Wildman–Crippen MR) is 50.0 cm³/mol. The van der Waals surface area contributed by atoms with Gasteiger partial charge in [-0.3, -0.25) is 4.79 Å². The molecule has 1 aromatic rings. The molecule has 1 aromatic heterocycles. The highest BCUT2D eigenvalue weighted by Gasteiger charge is 2.24. The average Bonchev–Trinajstić information content (AvgIpc) is 2.62. The van der Waals surface area contributed by atoms with Gasteiger partial charge in [0.05, 0.1) is 13.2 Å². The number of hydrogen-bond acceptors (Lipinski definition) is 4. The van der Waals surface area contributed by atoms with E-state index in [-0.39, 0.29) is 13.2 Å². The van der Waals surface area contributed by atoms with Crippen LogP contribution in [0.2, 0.25) is 0 Å². The van der Waals surface area contributed by atoms with E-state index in [1.165, 1.54) is 0 Å². The van der Waals surface area contributed by atoms with Gasteiger partial charge in [0.1, 0.15) is 5.69 Å². The molecule has 0 saturated carbocycles. The van der Waals surface area contributed by atoms with Gasteiger partial charge in [0.25, 0.3) is 12.3 Å². The number of nitrogens with two attached hydrogens (primary N) is 1. The second kappa shape index (κ2) is 5.50. The van der Waals surface area contributed by atoms with Crippen molar-refractivity contribution in [2.24, 2.45) is 5.73 Å². The Bertz CT molecular complexity index is 367. The molecule has 90 valence electrons. The monoisotopic (exact) mass is 234 g/mol. The fourth-order valence-electron chi connectivity index (χ4n) is 1.17. The van der Waals surface area contributed by atoms with Gasteiger partial charge in [0, 0.05) is 6.61 Å². The van der Waals surface area contributed by atoms with Crippen LogP contribution in [0.1, 0.15) is 29.5 Å². The van der Waals surface area contributed by atoms with Gasteiger partial charge in [-0.05, 0) is 6.92 Å². The van der Waals surface area contributed by atoms with Crippen molar-refractivity contribution in [3.63, 3.8) is 0 Å². The van der Waals surface area contributed by atoms with E-state index < -0.39 is 23.7 Å². The summed E-state index contributed by atoms with van der Waals surface area (Å²) in [7, 11) is 0. The molecule has 0 saturated heterocycles. The number of carbonyl (C=O) groups is 1. The summed E-state index contributed by atoms with van der Waals surface area (Å²) in [6.45, 7) is 2.58. The molecule has 0 aliphatic rings. The van der Waals surface area contributed by atoms with Crippen LogP contribution in [0.3, 0.4) is 0 Å². The number of amides is 1. The molecule has 1 heterocycles. The SMILES string of the molecule is CCOCCn1nnc(C(N)=O)c1C(F)F. The maximum absolute atomic E-state index is 12.6. The molecule has 8 heteroatoms. The standard InChI is InChI=1S/C8H12F2N4O2/c1-2-16-4-3-14-6(7(9)10)5(8(11)15)12-13-14/h7H,2-4H2,1H3,(H2,11,15). The van der Waals surface area contributed by atoms with Crippen LogP contribution in [0.15, 0.2) is 0 Å². The third-order valence-corrected chi connectivity index (χ3v) is 1.87. The van der Waals surface area contributed by atoms with E-state index in [2.05, 4.69) is 10.3 Å². The highest BCUT2D eigenvalue weighted by atomic mass is 19.3. The molecule has 1 amide bonds. The number of carbonyl (C=O) groups excluding carboxylic acids is 1. The van der Waals surface area contributed by atoms with E-state index in [1.807, 2.05) is 0 Å². The summed E-state index contributed by atoms with van der Waals surface area (Å²) in [4.78, 5) is 10.8. The first-order chi connectivity index (χ1) is 7.57. The Balaban J connectivity index is 2.87. The van der Waals surface area contributed by atoms with E-state index in [4.69, 9.17) is 10.5 Å². The lowest BCUT2D eigenvalue weighted by molar-refractivity contribution is 0.0970. The van der Waals surface area contributed by atoms with E-state index in [9.17, 15) is 13.6 Å². The van der Waals surface area contributed by atoms with Gasteiger partial charge >= 0.3 is 0 Å². The Hall–Kier alpha value is -1.57. The Morgan fingerprint density at radius 1 is 1.62 bits per heavy atom. The minimum Gasteiger partial charge on any atom is -0.380 e. The maximum atomic E-state index is 12.6. The Kier molecular flexibility index (Phi) is 4.29.